The number of hydrogen-bond donors (Lipinski definition) is 1. The maximum atomic E-state index is 10.4. The number of para-hydroxylation sites is 1. The summed E-state index contributed by atoms with van der Waals surface area (Å²) in [6.45, 7) is 6.39. The lowest BCUT2D eigenvalue weighted by molar-refractivity contribution is -0.0308. The Balaban J connectivity index is 1.77. The van der Waals surface area contributed by atoms with Crippen molar-refractivity contribution in [3.63, 3.8) is 0 Å². The molecule has 0 saturated carbocycles. The summed E-state index contributed by atoms with van der Waals surface area (Å²) in [4.78, 5) is 0. The lowest BCUT2D eigenvalue weighted by Gasteiger charge is -2.39. The topological polar surface area (TPSA) is 54.3 Å². The van der Waals surface area contributed by atoms with E-state index >= 15 is 0 Å². The van der Waals surface area contributed by atoms with Gasteiger partial charge in [0.25, 0.3) is 0 Å². The van der Waals surface area contributed by atoms with Crippen LogP contribution in [0.5, 0.6) is 17.2 Å². The van der Waals surface area contributed by atoms with E-state index in [1.54, 1.807) is 13.2 Å². The van der Waals surface area contributed by atoms with Crippen LogP contribution in [0.15, 0.2) is 41.5 Å². The first-order chi connectivity index (χ1) is 13.0. The number of benzene rings is 2. The number of aryl methyl sites for hydroxylation is 1. The molecule has 0 fully saturated rings. The number of rotatable bonds is 4. The maximum absolute atomic E-state index is 10.4. The van der Waals surface area contributed by atoms with Crippen LogP contribution in [-0.4, -0.2) is 29.2 Å². The molecule has 0 bridgehead atoms. The number of ether oxygens (including phenoxy) is 2. The summed E-state index contributed by atoms with van der Waals surface area (Å²) in [5.74, 6) is 2.31. The highest BCUT2D eigenvalue weighted by Gasteiger charge is 2.41. The van der Waals surface area contributed by atoms with Crippen LogP contribution in [0.4, 0.5) is 0 Å². The van der Waals surface area contributed by atoms with E-state index in [0.717, 1.165) is 46.7 Å². The minimum Gasteiger partial charge on any atom is -0.507 e. The normalized spacial score (nSPS) is 20.8. The minimum absolute atomic E-state index is 0.0857. The number of hydrazone groups is 1. The molecular weight excluding hydrogens is 340 g/mol. The van der Waals surface area contributed by atoms with Crippen molar-refractivity contribution in [2.75, 3.05) is 7.11 Å². The number of fused-ring (bicyclic) bond motifs is 3. The molecule has 5 nitrogen and oxygen atoms in total. The van der Waals surface area contributed by atoms with Crippen LogP contribution in [0.3, 0.4) is 0 Å². The van der Waals surface area contributed by atoms with Crippen LogP contribution in [0.1, 0.15) is 49.4 Å². The molecule has 0 unspecified atom stereocenters. The summed E-state index contributed by atoms with van der Waals surface area (Å²) in [6.07, 6.45) is 1.45. The van der Waals surface area contributed by atoms with Gasteiger partial charge in [-0.1, -0.05) is 37.6 Å². The molecule has 0 saturated heterocycles. The lowest BCUT2D eigenvalue weighted by atomic mass is 9.94. The Morgan fingerprint density at radius 1 is 1.30 bits per heavy atom. The molecule has 27 heavy (non-hydrogen) atoms. The van der Waals surface area contributed by atoms with Gasteiger partial charge in [0.2, 0.25) is 0 Å². The monoisotopic (exact) mass is 366 g/mol. The first-order valence-electron chi connectivity index (χ1n) is 9.47. The Morgan fingerprint density at radius 2 is 2.11 bits per heavy atom. The second-order valence-electron chi connectivity index (χ2n) is 7.75. The van der Waals surface area contributed by atoms with Crippen molar-refractivity contribution in [3.05, 3.63) is 53.1 Å². The fraction of sp³-hybridized carbons (Fsp3) is 0.409. The largest absolute Gasteiger partial charge is 0.507 e. The van der Waals surface area contributed by atoms with Crippen LogP contribution in [-0.2, 0) is 0 Å². The third-order valence-electron chi connectivity index (χ3n) is 5.22. The van der Waals surface area contributed by atoms with Crippen molar-refractivity contribution >= 4 is 5.71 Å². The molecule has 0 amide bonds. The highest BCUT2D eigenvalue weighted by molar-refractivity contribution is 6.04. The molecule has 2 aromatic rings. The highest BCUT2D eigenvalue weighted by atomic mass is 16.5. The van der Waals surface area contributed by atoms with Gasteiger partial charge in [0.05, 0.1) is 18.9 Å². The Bertz CT molecular complexity index is 891. The van der Waals surface area contributed by atoms with Crippen molar-refractivity contribution in [1.82, 2.24) is 5.01 Å². The van der Waals surface area contributed by atoms with E-state index in [-0.39, 0.29) is 18.0 Å². The van der Waals surface area contributed by atoms with E-state index in [1.165, 1.54) is 0 Å². The van der Waals surface area contributed by atoms with E-state index in [0.29, 0.717) is 5.92 Å². The van der Waals surface area contributed by atoms with Gasteiger partial charge in [-0.3, -0.25) is 5.01 Å². The minimum atomic E-state index is -0.150. The SMILES string of the molecule is COc1cccc2c1O[C@@H](CC(C)C)N1N=C(c3cc(C)ccc3O)C[C@@H]21. The van der Waals surface area contributed by atoms with E-state index in [2.05, 4.69) is 24.9 Å². The molecule has 1 N–H and O–H groups in total. The van der Waals surface area contributed by atoms with Gasteiger partial charge in [0.15, 0.2) is 17.7 Å². The predicted molar refractivity (Wildman–Crippen MR) is 105 cm³/mol. The molecule has 2 heterocycles. The molecule has 2 aliphatic heterocycles. The second-order valence-corrected chi connectivity index (χ2v) is 7.75. The van der Waals surface area contributed by atoms with E-state index in [4.69, 9.17) is 14.6 Å². The third-order valence-corrected chi connectivity index (χ3v) is 5.22. The predicted octanol–water partition coefficient (Wildman–Crippen LogP) is 4.62. The molecule has 0 aliphatic carbocycles. The van der Waals surface area contributed by atoms with Gasteiger partial charge < -0.3 is 14.6 Å². The van der Waals surface area contributed by atoms with Crippen molar-refractivity contribution in [3.8, 4) is 17.2 Å². The Hall–Kier alpha value is -2.69. The molecule has 2 atom stereocenters. The number of aromatic hydroxyl groups is 1. The summed E-state index contributed by atoms with van der Waals surface area (Å²) in [5, 5.41) is 17.3. The molecular formula is C22H26N2O3. The fourth-order valence-electron chi connectivity index (χ4n) is 3.92. The van der Waals surface area contributed by atoms with Crippen molar-refractivity contribution in [2.45, 2.75) is 45.9 Å². The van der Waals surface area contributed by atoms with Crippen LogP contribution >= 0.6 is 0 Å². The summed E-state index contributed by atoms with van der Waals surface area (Å²) in [5.41, 5.74) is 3.89. The quantitative estimate of drug-likeness (QED) is 0.857. The van der Waals surface area contributed by atoms with Crippen LogP contribution < -0.4 is 9.47 Å². The summed E-state index contributed by atoms with van der Waals surface area (Å²) >= 11 is 0. The van der Waals surface area contributed by atoms with Crippen LogP contribution in [0, 0.1) is 12.8 Å². The van der Waals surface area contributed by atoms with E-state index in [1.807, 2.05) is 31.2 Å². The van der Waals surface area contributed by atoms with Gasteiger partial charge >= 0.3 is 0 Å². The number of phenols is 1. The Kier molecular flexibility index (Phi) is 4.46. The molecule has 142 valence electrons. The van der Waals surface area contributed by atoms with Crippen molar-refractivity contribution in [2.24, 2.45) is 11.0 Å². The molecule has 0 radical (unpaired) electrons. The fourth-order valence-corrected chi connectivity index (χ4v) is 3.92. The van der Waals surface area contributed by atoms with Gasteiger partial charge in [-0.2, -0.15) is 5.10 Å². The van der Waals surface area contributed by atoms with Crippen LogP contribution in [0.25, 0.3) is 0 Å². The summed E-state index contributed by atoms with van der Waals surface area (Å²) < 4.78 is 11.9. The molecule has 5 heteroatoms. The zero-order valence-electron chi connectivity index (χ0n) is 16.3. The number of nitrogens with zero attached hydrogens (tertiary/aromatic N) is 2. The Labute approximate surface area is 160 Å². The molecule has 4 rings (SSSR count). The highest BCUT2D eigenvalue weighted by Crippen LogP contribution is 2.48. The van der Waals surface area contributed by atoms with Gasteiger partial charge in [0, 0.05) is 24.0 Å². The van der Waals surface area contributed by atoms with Gasteiger partial charge in [-0.15, -0.1) is 0 Å². The lowest BCUT2D eigenvalue weighted by Crippen LogP contribution is -2.41. The van der Waals surface area contributed by atoms with Crippen molar-refractivity contribution < 1.29 is 14.6 Å². The Morgan fingerprint density at radius 3 is 2.85 bits per heavy atom. The molecule has 2 aliphatic rings. The van der Waals surface area contributed by atoms with Crippen LogP contribution in [0.2, 0.25) is 0 Å². The zero-order chi connectivity index (χ0) is 19.1. The third kappa shape index (κ3) is 3.11. The summed E-state index contributed by atoms with van der Waals surface area (Å²) in [7, 11) is 1.67. The van der Waals surface area contributed by atoms with Crippen molar-refractivity contribution in [1.29, 1.82) is 0 Å². The number of phenolic OH excluding ortho intramolecular Hbond substituents is 1. The first-order valence-corrected chi connectivity index (χ1v) is 9.47. The molecule has 0 spiro atoms. The van der Waals surface area contributed by atoms with E-state index in [9.17, 15) is 5.11 Å². The van der Waals surface area contributed by atoms with Gasteiger partial charge in [-0.25, -0.2) is 0 Å². The van der Waals surface area contributed by atoms with Gasteiger partial charge in [-0.05, 0) is 31.0 Å². The maximum Gasteiger partial charge on any atom is 0.188 e. The average molecular weight is 366 g/mol. The van der Waals surface area contributed by atoms with Gasteiger partial charge in [0.1, 0.15) is 5.75 Å². The average Bonchev–Trinajstić information content (AvgIpc) is 3.08. The smallest absolute Gasteiger partial charge is 0.188 e. The first kappa shape index (κ1) is 17.7. The molecule has 0 aromatic heterocycles. The molecule has 2 aromatic carbocycles. The number of methoxy groups -OCH3 is 1. The van der Waals surface area contributed by atoms with E-state index < -0.39 is 0 Å². The zero-order valence-corrected chi connectivity index (χ0v) is 16.3. The summed E-state index contributed by atoms with van der Waals surface area (Å²) in [6, 6.07) is 11.7. The number of hydrogen-bond acceptors (Lipinski definition) is 5. The standard InChI is InChI=1S/C22H26N2O3/c1-13(2)10-21-24-18(15-6-5-7-20(26-4)22(15)27-21)12-17(23-24)16-11-14(3)8-9-19(16)25/h5-9,11,13,18,21,25H,10,12H2,1-4H3/t18-,21-/m0/s1. The second kappa shape index (κ2) is 6.80.